The van der Waals surface area contributed by atoms with Crippen LogP contribution in [0.15, 0.2) is 66.9 Å². The molecule has 1 fully saturated rings. The summed E-state index contributed by atoms with van der Waals surface area (Å²) in [6, 6.07) is 20.0. The van der Waals surface area contributed by atoms with Gasteiger partial charge in [-0.3, -0.25) is 0 Å². The highest BCUT2D eigenvalue weighted by Gasteiger charge is 2.37. The Bertz CT molecular complexity index is 950. The Morgan fingerprint density at radius 3 is 2.27 bits per heavy atom. The number of rotatable bonds is 3. The highest BCUT2D eigenvalue weighted by atomic mass is 35.5. The van der Waals surface area contributed by atoms with Crippen LogP contribution in [0.2, 0.25) is 5.02 Å². The highest BCUT2D eigenvalue weighted by molar-refractivity contribution is 6.30. The SMILES string of the molecule is OCC1CC1c1ccc(C#Cc2ccc(-c3ccc(Cl)cc3)cn2)cc1. The molecule has 3 heteroatoms. The first kappa shape index (κ1) is 16.8. The van der Waals surface area contributed by atoms with Crippen molar-refractivity contribution in [3.8, 4) is 23.0 Å². The van der Waals surface area contributed by atoms with Crippen LogP contribution in [0.1, 0.15) is 29.2 Å². The topological polar surface area (TPSA) is 33.1 Å². The monoisotopic (exact) mass is 359 g/mol. The molecule has 128 valence electrons. The van der Waals surface area contributed by atoms with E-state index in [1.165, 1.54) is 5.56 Å². The lowest BCUT2D eigenvalue weighted by Gasteiger charge is -2.01. The van der Waals surface area contributed by atoms with Crippen molar-refractivity contribution in [3.63, 3.8) is 0 Å². The van der Waals surface area contributed by atoms with Gasteiger partial charge in [-0.25, -0.2) is 4.98 Å². The number of hydrogen-bond donors (Lipinski definition) is 1. The van der Waals surface area contributed by atoms with Crippen LogP contribution in [0.4, 0.5) is 0 Å². The summed E-state index contributed by atoms with van der Waals surface area (Å²) in [7, 11) is 0. The zero-order chi connectivity index (χ0) is 17.9. The summed E-state index contributed by atoms with van der Waals surface area (Å²) in [5, 5.41) is 9.90. The Balaban J connectivity index is 1.45. The minimum absolute atomic E-state index is 0.282. The molecule has 0 bridgehead atoms. The molecule has 2 unspecified atom stereocenters. The summed E-state index contributed by atoms with van der Waals surface area (Å²) in [5.41, 5.74) is 5.13. The molecule has 0 saturated heterocycles. The van der Waals surface area contributed by atoms with E-state index in [0.717, 1.165) is 33.8 Å². The van der Waals surface area contributed by atoms with Gasteiger partial charge in [0.25, 0.3) is 0 Å². The molecule has 3 aromatic rings. The summed E-state index contributed by atoms with van der Waals surface area (Å²) in [6.45, 7) is 0.282. The van der Waals surface area contributed by atoms with Crippen LogP contribution in [0, 0.1) is 17.8 Å². The van der Waals surface area contributed by atoms with Gasteiger partial charge in [0.05, 0.1) is 0 Å². The Labute approximate surface area is 158 Å². The standard InChI is InChI=1S/C23H18ClNO/c24-21-9-6-17(7-10-21)19-8-12-22(25-14-19)11-3-16-1-4-18(5-2-16)23-13-20(23)15-26/h1-2,4-10,12,14,20,23,26H,13,15H2. The molecule has 1 aromatic heterocycles. The maximum atomic E-state index is 9.17. The smallest absolute Gasteiger partial charge is 0.113 e. The predicted molar refractivity (Wildman–Crippen MR) is 105 cm³/mol. The number of halogens is 1. The van der Waals surface area contributed by atoms with Crippen molar-refractivity contribution in [1.82, 2.24) is 4.98 Å². The molecule has 4 rings (SSSR count). The van der Waals surface area contributed by atoms with Crippen molar-refractivity contribution < 1.29 is 5.11 Å². The van der Waals surface area contributed by atoms with Crippen LogP contribution in [0.3, 0.4) is 0 Å². The second-order valence-electron chi connectivity index (χ2n) is 6.60. The first-order valence-corrected chi connectivity index (χ1v) is 9.05. The summed E-state index contributed by atoms with van der Waals surface area (Å²) in [6.07, 6.45) is 2.92. The van der Waals surface area contributed by atoms with Gasteiger partial charge in [-0.1, -0.05) is 47.9 Å². The van der Waals surface area contributed by atoms with Crippen molar-refractivity contribution in [1.29, 1.82) is 0 Å². The van der Waals surface area contributed by atoms with Crippen LogP contribution >= 0.6 is 11.6 Å². The molecule has 1 heterocycles. The molecule has 1 saturated carbocycles. The maximum absolute atomic E-state index is 9.17. The Morgan fingerprint density at radius 1 is 0.923 bits per heavy atom. The van der Waals surface area contributed by atoms with Gasteiger partial charge in [0.1, 0.15) is 5.69 Å². The van der Waals surface area contributed by atoms with Crippen LogP contribution in [-0.4, -0.2) is 16.7 Å². The number of nitrogens with zero attached hydrogens (tertiary/aromatic N) is 1. The van der Waals surface area contributed by atoms with E-state index < -0.39 is 0 Å². The van der Waals surface area contributed by atoms with E-state index in [0.29, 0.717) is 11.8 Å². The molecular weight excluding hydrogens is 342 g/mol. The van der Waals surface area contributed by atoms with Crippen molar-refractivity contribution in [2.75, 3.05) is 6.61 Å². The van der Waals surface area contributed by atoms with Crippen LogP contribution in [0.25, 0.3) is 11.1 Å². The van der Waals surface area contributed by atoms with Crippen molar-refractivity contribution in [2.45, 2.75) is 12.3 Å². The molecule has 26 heavy (non-hydrogen) atoms. The summed E-state index contributed by atoms with van der Waals surface area (Å²) >= 11 is 5.92. The van der Waals surface area contributed by atoms with Crippen molar-refractivity contribution in [2.24, 2.45) is 5.92 Å². The van der Waals surface area contributed by atoms with E-state index in [1.807, 2.05) is 54.7 Å². The minimum atomic E-state index is 0.282. The molecule has 1 aliphatic rings. The molecule has 0 radical (unpaired) electrons. The second-order valence-corrected chi connectivity index (χ2v) is 7.03. The molecule has 2 atom stereocenters. The molecular formula is C23H18ClNO. The third kappa shape index (κ3) is 3.80. The molecule has 0 aliphatic heterocycles. The number of aromatic nitrogens is 1. The van der Waals surface area contributed by atoms with E-state index in [4.69, 9.17) is 11.6 Å². The third-order valence-electron chi connectivity index (χ3n) is 4.77. The van der Waals surface area contributed by atoms with Gasteiger partial charge < -0.3 is 5.11 Å². The maximum Gasteiger partial charge on any atom is 0.113 e. The lowest BCUT2D eigenvalue weighted by atomic mass is 10.1. The van der Waals surface area contributed by atoms with Gasteiger partial charge in [-0.2, -0.15) is 0 Å². The fourth-order valence-corrected chi connectivity index (χ4v) is 3.21. The second kappa shape index (κ2) is 7.33. The average molecular weight is 360 g/mol. The van der Waals surface area contributed by atoms with Crippen LogP contribution in [-0.2, 0) is 0 Å². The predicted octanol–water partition coefficient (Wildman–Crippen LogP) is 4.90. The van der Waals surface area contributed by atoms with E-state index in [2.05, 4.69) is 29.0 Å². The first-order chi connectivity index (χ1) is 12.7. The number of aliphatic hydroxyl groups excluding tert-OH is 1. The Hall–Kier alpha value is -2.60. The van der Waals surface area contributed by atoms with E-state index >= 15 is 0 Å². The van der Waals surface area contributed by atoms with E-state index in [-0.39, 0.29) is 6.61 Å². The Kier molecular flexibility index (Phi) is 4.75. The zero-order valence-corrected chi connectivity index (χ0v) is 14.9. The zero-order valence-electron chi connectivity index (χ0n) is 14.2. The first-order valence-electron chi connectivity index (χ1n) is 8.68. The van der Waals surface area contributed by atoms with Gasteiger partial charge in [0.2, 0.25) is 0 Å². The molecule has 0 spiro atoms. The summed E-state index contributed by atoms with van der Waals surface area (Å²) in [5.74, 6) is 7.23. The largest absolute Gasteiger partial charge is 0.396 e. The van der Waals surface area contributed by atoms with Gasteiger partial charge >= 0.3 is 0 Å². The molecule has 2 nitrogen and oxygen atoms in total. The average Bonchev–Trinajstić information content (AvgIpc) is 3.48. The van der Waals surface area contributed by atoms with E-state index in [1.54, 1.807) is 0 Å². The lowest BCUT2D eigenvalue weighted by Crippen LogP contribution is -1.88. The Morgan fingerprint density at radius 2 is 1.65 bits per heavy atom. The lowest BCUT2D eigenvalue weighted by molar-refractivity contribution is 0.274. The summed E-state index contributed by atoms with van der Waals surface area (Å²) < 4.78 is 0. The van der Waals surface area contributed by atoms with Gasteiger partial charge in [0, 0.05) is 29.0 Å². The number of pyridine rings is 1. The van der Waals surface area contributed by atoms with Gasteiger partial charge in [-0.15, -0.1) is 0 Å². The quantitative estimate of drug-likeness (QED) is 0.675. The summed E-state index contributed by atoms with van der Waals surface area (Å²) in [4.78, 5) is 4.43. The fraction of sp³-hybridized carbons (Fsp3) is 0.174. The van der Waals surface area contributed by atoms with Crippen molar-refractivity contribution >= 4 is 11.6 Å². The fourth-order valence-electron chi connectivity index (χ4n) is 3.09. The van der Waals surface area contributed by atoms with Gasteiger partial charge in [0.15, 0.2) is 0 Å². The van der Waals surface area contributed by atoms with Crippen LogP contribution < -0.4 is 0 Å². The minimum Gasteiger partial charge on any atom is -0.396 e. The third-order valence-corrected chi connectivity index (χ3v) is 5.02. The molecule has 0 amide bonds. The van der Waals surface area contributed by atoms with Gasteiger partial charge in [-0.05, 0) is 65.6 Å². The normalized spacial score (nSPS) is 18.1. The molecule has 2 aromatic carbocycles. The van der Waals surface area contributed by atoms with Crippen LogP contribution in [0.5, 0.6) is 0 Å². The molecule has 1 aliphatic carbocycles. The number of aliphatic hydroxyl groups is 1. The number of hydrogen-bond acceptors (Lipinski definition) is 2. The highest BCUT2D eigenvalue weighted by Crippen LogP contribution is 2.46. The molecule has 1 N–H and O–H groups in total. The van der Waals surface area contributed by atoms with E-state index in [9.17, 15) is 5.11 Å². The van der Waals surface area contributed by atoms with Crippen molar-refractivity contribution in [3.05, 3.63) is 88.7 Å². The number of benzene rings is 2.